The molecule has 2 aromatic rings. The summed E-state index contributed by atoms with van der Waals surface area (Å²) in [6.45, 7) is 0.736. The standard InChI is InChI=1S/C13H13BrN2O2S/c1-16(7-9-3-2-4-10(14)5-9)13-15-11(8-19-13)6-12(17)18/h2-5,8H,6-7H2,1H3,(H,17,18). The van der Waals surface area contributed by atoms with E-state index < -0.39 is 5.97 Å². The van der Waals surface area contributed by atoms with Crippen LogP contribution in [-0.4, -0.2) is 23.1 Å². The van der Waals surface area contributed by atoms with Crippen LogP contribution in [0, 0.1) is 0 Å². The average Bonchev–Trinajstić information content (AvgIpc) is 2.76. The monoisotopic (exact) mass is 340 g/mol. The van der Waals surface area contributed by atoms with Gasteiger partial charge in [-0.25, -0.2) is 4.98 Å². The van der Waals surface area contributed by atoms with Gasteiger partial charge in [0.2, 0.25) is 0 Å². The maximum absolute atomic E-state index is 10.6. The molecule has 0 saturated heterocycles. The molecule has 0 aliphatic carbocycles. The Labute approximate surface area is 123 Å². The third kappa shape index (κ3) is 4.04. The van der Waals surface area contributed by atoms with Crippen LogP contribution in [0.3, 0.4) is 0 Å². The first-order valence-corrected chi connectivity index (χ1v) is 7.33. The van der Waals surface area contributed by atoms with Gasteiger partial charge in [0.1, 0.15) is 0 Å². The van der Waals surface area contributed by atoms with Gasteiger partial charge in [-0.3, -0.25) is 4.79 Å². The molecule has 0 atom stereocenters. The summed E-state index contributed by atoms with van der Waals surface area (Å²) < 4.78 is 1.05. The lowest BCUT2D eigenvalue weighted by atomic mass is 10.2. The maximum Gasteiger partial charge on any atom is 0.309 e. The highest BCUT2D eigenvalue weighted by Crippen LogP contribution is 2.22. The van der Waals surface area contributed by atoms with Gasteiger partial charge in [-0.1, -0.05) is 28.1 Å². The van der Waals surface area contributed by atoms with Crippen molar-refractivity contribution in [3.63, 3.8) is 0 Å². The Balaban J connectivity index is 2.05. The summed E-state index contributed by atoms with van der Waals surface area (Å²) in [6.07, 6.45) is -0.0266. The van der Waals surface area contributed by atoms with Crippen molar-refractivity contribution in [2.45, 2.75) is 13.0 Å². The van der Waals surface area contributed by atoms with Crippen LogP contribution < -0.4 is 4.90 Å². The molecule has 1 heterocycles. The van der Waals surface area contributed by atoms with E-state index in [1.165, 1.54) is 16.9 Å². The van der Waals surface area contributed by atoms with Crippen molar-refractivity contribution in [3.8, 4) is 0 Å². The Morgan fingerprint density at radius 1 is 1.53 bits per heavy atom. The molecule has 1 N–H and O–H groups in total. The largest absolute Gasteiger partial charge is 0.481 e. The summed E-state index contributed by atoms with van der Waals surface area (Å²) >= 11 is 4.91. The second-order valence-electron chi connectivity index (χ2n) is 4.18. The summed E-state index contributed by atoms with van der Waals surface area (Å²) in [7, 11) is 1.95. The molecule has 1 aromatic heterocycles. The highest BCUT2D eigenvalue weighted by Gasteiger charge is 2.10. The van der Waals surface area contributed by atoms with Gasteiger partial charge in [0.25, 0.3) is 0 Å². The van der Waals surface area contributed by atoms with Crippen molar-refractivity contribution in [2.75, 3.05) is 11.9 Å². The molecule has 4 nitrogen and oxygen atoms in total. The lowest BCUT2D eigenvalue weighted by Gasteiger charge is -2.15. The molecular weight excluding hydrogens is 328 g/mol. The fourth-order valence-corrected chi connectivity index (χ4v) is 2.92. The van der Waals surface area contributed by atoms with Gasteiger partial charge in [0.15, 0.2) is 5.13 Å². The van der Waals surface area contributed by atoms with Gasteiger partial charge < -0.3 is 10.0 Å². The van der Waals surface area contributed by atoms with E-state index in [0.717, 1.165) is 16.1 Å². The predicted molar refractivity (Wildman–Crippen MR) is 79.7 cm³/mol. The number of anilines is 1. The quantitative estimate of drug-likeness (QED) is 0.908. The average molecular weight is 341 g/mol. The van der Waals surface area contributed by atoms with Gasteiger partial charge in [-0.05, 0) is 17.7 Å². The molecule has 0 unspecified atom stereocenters. The summed E-state index contributed by atoms with van der Waals surface area (Å²) in [5.41, 5.74) is 1.78. The second-order valence-corrected chi connectivity index (χ2v) is 5.93. The number of aromatic nitrogens is 1. The van der Waals surface area contributed by atoms with E-state index in [9.17, 15) is 4.79 Å². The molecule has 1 aromatic carbocycles. The molecule has 0 aliphatic heterocycles. The zero-order valence-electron chi connectivity index (χ0n) is 10.3. The molecular formula is C13H13BrN2O2S. The molecule has 6 heteroatoms. The molecule has 100 valence electrons. The number of hydrogen-bond donors (Lipinski definition) is 1. The van der Waals surface area contributed by atoms with Crippen molar-refractivity contribution in [1.29, 1.82) is 0 Å². The number of carboxylic acid groups (broad SMARTS) is 1. The van der Waals surface area contributed by atoms with E-state index in [2.05, 4.69) is 27.0 Å². The number of nitrogens with zero attached hydrogens (tertiary/aromatic N) is 2. The minimum atomic E-state index is -0.855. The molecule has 0 bridgehead atoms. The molecule has 0 amide bonds. The molecule has 0 radical (unpaired) electrons. The number of aliphatic carboxylic acids is 1. The van der Waals surface area contributed by atoms with Crippen LogP contribution in [0.4, 0.5) is 5.13 Å². The van der Waals surface area contributed by atoms with E-state index in [4.69, 9.17) is 5.11 Å². The van der Waals surface area contributed by atoms with E-state index >= 15 is 0 Å². The third-order valence-corrected chi connectivity index (χ3v) is 4.00. The van der Waals surface area contributed by atoms with Crippen LogP contribution in [-0.2, 0) is 17.8 Å². The smallest absolute Gasteiger partial charge is 0.309 e. The van der Waals surface area contributed by atoms with Crippen LogP contribution >= 0.6 is 27.3 Å². The molecule has 2 rings (SSSR count). The Kier molecular flexibility index (Phi) is 4.55. The van der Waals surface area contributed by atoms with Crippen LogP contribution in [0.5, 0.6) is 0 Å². The Hall–Kier alpha value is -1.40. The van der Waals surface area contributed by atoms with Crippen molar-refractivity contribution >= 4 is 38.4 Å². The van der Waals surface area contributed by atoms with Crippen LogP contribution in [0.25, 0.3) is 0 Å². The minimum absolute atomic E-state index is 0.0266. The van der Waals surface area contributed by atoms with Gasteiger partial charge >= 0.3 is 5.97 Å². The minimum Gasteiger partial charge on any atom is -0.481 e. The number of hydrogen-bond acceptors (Lipinski definition) is 4. The van der Waals surface area contributed by atoms with Gasteiger partial charge in [-0.15, -0.1) is 11.3 Å². The SMILES string of the molecule is CN(Cc1cccc(Br)c1)c1nc(CC(=O)O)cs1. The van der Waals surface area contributed by atoms with Crippen LogP contribution in [0.15, 0.2) is 34.1 Å². The summed E-state index contributed by atoms with van der Waals surface area (Å²) in [5, 5.41) is 11.3. The fourth-order valence-electron chi connectivity index (χ4n) is 1.68. The number of carbonyl (C=O) groups is 1. The maximum atomic E-state index is 10.6. The fraction of sp³-hybridized carbons (Fsp3) is 0.231. The number of carboxylic acids is 1. The lowest BCUT2D eigenvalue weighted by Crippen LogP contribution is -2.16. The third-order valence-electron chi connectivity index (χ3n) is 2.51. The highest BCUT2D eigenvalue weighted by atomic mass is 79.9. The molecule has 0 fully saturated rings. The first-order valence-electron chi connectivity index (χ1n) is 5.66. The Morgan fingerprint density at radius 3 is 3.00 bits per heavy atom. The summed E-state index contributed by atoms with van der Waals surface area (Å²) in [4.78, 5) is 17.0. The van der Waals surface area contributed by atoms with Crippen molar-refractivity contribution in [3.05, 3.63) is 45.4 Å². The van der Waals surface area contributed by atoms with E-state index in [1.54, 1.807) is 5.38 Å². The highest BCUT2D eigenvalue weighted by molar-refractivity contribution is 9.10. The molecule has 19 heavy (non-hydrogen) atoms. The molecule has 0 spiro atoms. The van der Waals surface area contributed by atoms with Crippen molar-refractivity contribution in [2.24, 2.45) is 0 Å². The van der Waals surface area contributed by atoms with E-state index in [-0.39, 0.29) is 6.42 Å². The number of halogens is 1. The van der Waals surface area contributed by atoms with Gasteiger partial charge in [0.05, 0.1) is 12.1 Å². The number of benzene rings is 1. The lowest BCUT2D eigenvalue weighted by molar-refractivity contribution is -0.136. The van der Waals surface area contributed by atoms with Gasteiger partial charge in [-0.2, -0.15) is 0 Å². The molecule has 0 aliphatic rings. The van der Waals surface area contributed by atoms with Crippen LogP contribution in [0.2, 0.25) is 0 Å². The van der Waals surface area contributed by atoms with Crippen molar-refractivity contribution < 1.29 is 9.90 Å². The molecule has 0 saturated carbocycles. The number of rotatable bonds is 5. The Bertz CT molecular complexity index is 586. The van der Waals surface area contributed by atoms with E-state index in [1.807, 2.05) is 30.1 Å². The zero-order chi connectivity index (χ0) is 13.8. The Morgan fingerprint density at radius 2 is 2.32 bits per heavy atom. The zero-order valence-corrected chi connectivity index (χ0v) is 12.7. The second kappa shape index (κ2) is 6.16. The van der Waals surface area contributed by atoms with E-state index in [0.29, 0.717) is 5.69 Å². The number of thiazole rings is 1. The topological polar surface area (TPSA) is 53.4 Å². The first kappa shape index (κ1) is 14.0. The van der Waals surface area contributed by atoms with Gasteiger partial charge in [0, 0.05) is 23.4 Å². The summed E-state index contributed by atoms with van der Waals surface area (Å²) in [5.74, 6) is -0.855. The first-order chi connectivity index (χ1) is 9.04. The normalized spacial score (nSPS) is 10.4. The summed E-state index contributed by atoms with van der Waals surface area (Å²) in [6, 6.07) is 8.08. The van der Waals surface area contributed by atoms with Crippen molar-refractivity contribution in [1.82, 2.24) is 4.98 Å². The predicted octanol–water partition coefficient (Wildman–Crippen LogP) is 3.17. The van der Waals surface area contributed by atoms with Crippen LogP contribution in [0.1, 0.15) is 11.3 Å².